The molecule has 2 heteroatoms. The first-order valence-electron chi connectivity index (χ1n) is 7.98. The third-order valence-corrected chi connectivity index (χ3v) is 5.16. The van der Waals surface area contributed by atoms with E-state index in [-0.39, 0.29) is 0 Å². The first kappa shape index (κ1) is 15.5. The Bertz CT molecular complexity index is 433. The number of pyridine rings is 1. The van der Waals surface area contributed by atoms with E-state index in [1.807, 2.05) is 6.20 Å². The van der Waals surface area contributed by atoms with Crippen LogP contribution in [0.25, 0.3) is 0 Å². The maximum absolute atomic E-state index is 4.38. The van der Waals surface area contributed by atoms with Crippen molar-refractivity contribution in [3.8, 4) is 0 Å². The van der Waals surface area contributed by atoms with Gasteiger partial charge in [-0.15, -0.1) is 0 Å². The van der Waals surface area contributed by atoms with Crippen LogP contribution in [0.15, 0.2) is 18.5 Å². The average Bonchev–Trinajstić information content (AvgIpc) is 2.39. The van der Waals surface area contributed by atoms with Crippen LogP contribution in [0.4, 0.5) is 0 Å². The summed E-state index contributed by atoms with van der Waals surface area (Å²) >= 11 is 0. The Morgan fingerprint density at radius 2 is 2.05 bits per heavy atom. The molecule has 3 unspecified atom stereocenters. The molecule has 0 saturated heterocycles. The van der Waals surface area contributed by atoms with Gasteiger partial charge in [0, 0.05) is 12.4 Å². The molecule has 0 amide bonds. The lowest BCUT2D eigenvalue weighted by molar-refractivity contribution is 0.130. The van der Waals surface area contributed by atoms with Crippen molar-refractivity contribution in [1.29, 1.82) is 0 Å². The minimum Gasteiger partial charge on any atom is -0.319 e. The van der Waals surface area contributed by atoms with Crippen LogP contribution in [0.2, 0.25) is 0 Å². The largest absolute Gasteiger partial charge is 0.319 e. The Morgan fingerprint density at radius 3 is 2.65 bits per heavy atom. The van der Waals surface area contributed by atoms with Gasteiger partial charge < -0.3 is 5.32 Å². The molecule has 1 aromatic rings. The minimum atomic E-state index is 0.416. The molecule has 112 valence electrons. The highest BCUT2D eigenvalue weighted by Crippen LogP contribution is 2.47. The first-order chi connectivity index (χ1) is 9.43. The molecule has 20 heavy (non-hydrogen) atoms. The van der Waals surface area contributed by atoms with Gasteiger partial charge in [0.05, 0.1) is 0 Å². The van der Waals surface area contributed by atoms with Gasteiger partial charge >= 0.3 is 0 Å². The van der Waals surface area contributed by atoms with E-state index >= 15 is 0 Å². The molecular weight excluding hydrogens is 244 g/mol. The summed E-state index contributed by atoms with van der Waals surface area (Å²) in [5.74, 6) is 2.23. The van der Waals surface area contributed by atoms with Crippen molar-refractivity contribution in [1.82, 2.24) is 10.3 Å². The molecule has 0 spiro atoms. The van der Waals surface area contributed by atoms with E-state index in [1.165, 1.54) is 30.4 Å². The topological polar surface area (TPSA) is 24.9 Å². The second-order valence-corrected chi connectivity index (χ2v) is 7.53. The van der Waals surface area contributed by atoms with Gasteiger partial charge in [0.25, 0.3) is 0 Å². The molecule has 1 saturated carbocycles. The van der Waals surface area contributed by atoms with E-state index in [0.29, 0.717) is 11.3 Å². The lowest BCUT2D eigenvalue weighted by Gasteiger charge is -2.42. The van der Waals surface area contributed by atoms with E-state index in [2.05, 4.69) is 57.3 Å². The van der Waals surface area contributed by atoms with Gasteiger partial charge in [-0.2, -0.15) is 0 Å². The normalized spacial score (nSPS) is 27.6. The fourth-order valence-corrected chi connectivity index (χ4v) is 3.77. The summed E-state index contributed by atoms with van der Waals surface area (Å²) in [6, 6.07) is 2.16. The second kappa shape index (κ2) is 6.26. The molecule has 2 nitrogen and oxygen atoms in total. The molecule has 1 aliphatic rings. The van der Waals surface area contributed by atoms with Crippen molar-refractivity contribution in [2.45, 2.75) is 52.9 Å². The highest BCUT2D eigenvalue weighted by molar-refractivity contribution is 5.27. The lowest BCUT2D eigenvalue weighted by atomic mass is 9.63. The quantitative estimate of drug-likeness (QED) is 0.895. The predicted octanol–water partition coefficient (Wildman–Crippen LogP) is 4.16. The molecule has 0 aromatic carbocycles. The number of hydrogen-bond acceptors (Lipinski definition) is 2. The molecule has 0 radical (unpaired) electrons. The Morgan fingerprint density at radius 1 is 1.30 bits per heavy atom. The van der Waals surface area contributed by atoms with Crippen LogP contribution in [0, 0.1) is 24.2 Å². The Hall–Kier alpha value is -0.890. The zero-order valence-corrected chi connectivity index (χ0v) is 13.7. The number of aromatic nitrogens is 1. The number of hydrogen-bond donors (Lipinski definition) is 1. The van der Waals surface area contributed by atoms with Gasteiger partial charge in [-0.1, -0.05) is 20.8 Å². The number of nitrogens with zero attached hydrogens (tertiary/aromatic N) is 1. The summed E-state index contributed by atoms with van der Waals surface area (Å²) in [6.07, 6.45) is 8.03. The van der Waals surface area contributed by atoms with Crippen LogP contribution in [-0.4, -0.2) is 18.6 Å². The van der Waals surface area contributed by atoms with Crippen molar-refractivity contribution >= 4 is 0 Å². The molecule has 1 aromatic heterocycles. The molecule has 1 aliphatic carbocycles. The van der Waals surface area contributed by atoms with Crippen molar-refractivity contribution < 1.29 is 0 Å². The summed E-state index contributed by atoms with van der Waals surface area (Å²) in [6.45, 7) is 10.5. The van der Waals surface area contributed by atoms with E-state index < -0.39 is 0 Å². The monoisotopic (exact) mass is 274 g/mol. The first-order valence-corrected chi connectivity index (χ1v) is 7.98. The maximum atomic E-state index is 4.38. The maximum Gasteiger partial charge on any atom is 0.0305 e. The highest BCUT2D eigenvalue weighted by atomic mass is 14.8. The van der Waals surface area contributed by atoms with Crippen LogP contribution in [0.3, 0.4) is 0 Å². The van der Waals surface area contributed by atoms with Gasteiger partial charge in [0.2, 0.25) is 0 Å². The molecule has 1 fully saturated rings. The van der Waals surface area contributed by atoms with Crippen molar-refractivity contribution in [2.75, 3.05) is 13.6 Å². The summed E-state index contributed by atoms with van der Waals surface area (Å²) in [7, 11) is 2.07. The van der Waals surface area contributed by atoms with Crippen LogP contribution in [0.1, 0.15) is 57.1 Å². The summed E-state index contributed by atoms with van der Waals surface area (Å²) in [5.41, 5.74) is 3.29. The Kier molecular flexibility index (Phi) is 4.85. The van der Waals surface area contributed by atoms with E-state index in [9.17, 15) is 0 Å². The number of rotatable bonds is 3. The highest BCUT2D eigenvalue weighted by Gasteiger charge is 2.36. The zero-order valence-electron chi connectivity index (χ0n) is 13.7. The lowest BCUT2D eigenvalue weighted by Crippen LogP contribution is -2.35. The third kappa shape index (κ3) is 3.41. The standard InChI is InChI=1S/C18H30N2/c1-13-8-9-20-12-17(13)16-10-15(18(2,3)4)7-6-14(16)11-19-5/h8-9,12,14-16,19H,6-7,10-11H2,1-5H3. The summed E-state index contributed by atoms with van der Waals surface area (Å²) in [5, 5.41) is 3.39. The van der Waals surface area contributed by atoms with Crippen molar-refractivity contribution in [2.24, 2.45) is 17.3 Å². The Labute approximate surface area is 124 Å². The molecule has 2 rings (SSSR count). The molecular formula is C18H30N2. The summed E-state index contributed by atoms with van der Waals surface area (Å²) in [4.78, 5) is 4.38. The molecule has 1 N–H and O–H groups in total. The van der Waals surface area contributed by atoms with E-state index in [4.69, 9.17) is 0 Å². The molecule has 1 heterocycles. The van der Waals surface area contributed by atoms with Crippen LogP contribution in [-0.2, 0) is 0 Å². The zero-order chi connectivity index (χ0) is 14.8. The smallest absolute Gasteiger partial charge is 0.0305 e. The number of aryl methyl sites for hydroxylation is 1. The van der Waals surface area contributed by atoms with E-state index in [1.54, 1.807) is 0 Å². The van der Waals surface area contributed by atoms with E-state index in [0.717, 1.165) is 18.4 Å². The van der Waals surface area contributed by atoms with Crippen molar-refractivity contribution in [3.63, 3.8) is 0 Å². The molecule has 0 bridgehead atoms. The fourth-order valence-electron chi connectivity index (χ4n) is 3.77. The summed E-state index contributed by atoms with van der Waals surface area (Å²) < 4.78 is 0. The van der Waals surface area contributed by atoms with Gasteiger partial charge in [-0.3, -0.25) is 4.98 Å². The van der Waals surface area contributed by atoms with Gasteiger partial charge in [0.1, 0.15) is 0 Å². The molecule has 0 aliphatic heterocycles. The average molecular weight is 274 g/mol. The van der Waals surface area contributed by atoms with Gasteiger partial charge in [-0.05, 0) is 80.1 Å². The van der Waals surface area contributed by atoms with Crippen LogP contribution < -0.4 is 5.32 Å². The van der Waals surface area contributed by atoms with Crippen LogP contribution >= 0.6 is 0 Å². The van der Waals surface area contributed by atoms with Gasteiger partial charge in [-0.25, -0.2) is 0 Å². The van der Waals surface area contributed by atoms with Crippen LogP contribution in [0.5, 0.6) is 0 Å². The predicted molar refractivity (Wildman–Crippen MR) is 85.9 cm³/mol. The molecule has 3 atom stereocenters. The van der Waals surface area contributed by atoms with Crippen molar-refractivity contribution in [3.05, 3.63) is 29.6 Å². The number of nitrogens with one attached hydrogen (secondary N) is 1. The SMILES string of the molecule is CNCC1CCC(C(C)(C)C)CC1c1cnccc1C. The van der Waals surface area contributed by atoms with Gasteiger partial charge in [0.15, 0.2) is 0 Å². The fraction of sp³-hybridized carbons (Fsp3) is 0.722. The second-order valence-electron chi connectivity index (χ2n) is 7.53. The third-order valence-electron chi connectivity index (χ3n) is 5.16. The minimum absolute atomic E-state index is 0.416. The Balaban J connectivity index is 2.26.